The SMILES string of the molecule is C[C@@H](O)[C@H](O)[C@@H](O[C@@H]1O[C@H](CO)[C@H](O)[C@H](O)[C@H]1O)[C@@H](O)C=O. The molecular weight excluding hydrogens is 304 g/mol. The molecule has 1 aliphatic rings. The molecule has 9 atom stereocenters. The molecule has 7 N–H and O–H groups in total. The first-order chi connectivity index (χ1) is 10.2. The molecule has 1 saturated heterocycles. The van der Waals surface area contributed by atoms with Crippen LogP contribution < -0.4 is 0 Å². The Morgan fingerprint density at radius 1 is 1.14 bits per heavy atom. The fraction of sp³-hybridized carbons (Fsp3) is 0.917. The molecule has 1 fully saturated rings. The van der Waals surface area contributed by atoms with Crippen molar-refractivity contribution in [2.24, 2.45) is 0 Å². The van der Waals surface area contributed by atoms with Gasteiger partial charge in [-0.3, -0.25) is 0 Å². The maximum Gasteiger partial charge on any atom is 0.187 e. The van der Waals surface area contributed by atoms with Crippen molar-refractivity contribution in [2.75, 3.05) is 6.61 Å². The third-order valence-corrected chi connectivity index (χ3v) is 3.45. The van der Waals surface area contributed by atoms with E-state index >= 15 is 0 Å². The van der Waals surface area contributed by atoms with Gasteiger partial charge in [0.1, 0.15) is 42.7 Å². The van der Waals surface area contributed by atoms with Crippen molar-refractivity contribution in [1.29, 1.82) is 0 Å². The monoisotopic (exact) mass is 326 g/mol. The van der Waals surface area contributed by atoms with Crippen molar-refractivity contribution < 1.29 is 50.0 Å². The van der Waals surface area contributed by atoms with Gasteiger partial charge in [-0.1, -0.05) is 0 Å². The molecular formula is C12H22O10. The molecule has 1 rings (SSSR count). The van der Waals surface area contributed by atoms with Crippen LogP contribution in [-0.2, 0) is 14.3 Å². The van der Waals surface area contributed by atoms with Crippen LogP contribution in [0.4, 0.5) is 0 Å². The van der Waals surface area contributed by atoms with E-state index in [9.17, 15) is 35.4 Å². The van der Waals surface area contributed by atoms with Gasteiger partial charge >= 0.3 is 0 Å². The zero-order chi connectivity index (χ0) is 17.0. The molecule has 0 radical (unpaired) electrons. The maximum atomic E-state index is 10.7. The number of hydrogen-bond donors (Lipinski definition) is 7. The highest BCUT2D eigenvalue weighted by Crippen LogP contribution is 2.24. The second kappa shape index (κ2) is 8.24. The number of hydrogen-bond acceptors (Lipinski definition) is 10. The molecule has 0 bridgehead atoms. The van der Waals surface area contributed by atoms with Gasteiger partial charge in [-0.05, 0) is 6.92 Å². The summed E-state index contributed by atoms with van der Waals surface area (Å²) in [7, 11) is 0. The summed E-state index contributed by atoms with van der Waals surface area (Å²) in [6.07, 6.45) is -14.5. The summed E-state index contributed by atoms with van der Waals surface area (Å²) in [5, 5.41) is 66.7. The highest BCUT2D eigenvalue weighted by molar-refractivity contribution is 5.56. The molecule has 0 aromatic heterocycles. The molecule has 1 aliphatic heterocycles. The van der Waals surface area contributed by atoms with E-state index < -0.39 is 61.7 Å². The number of carbonyl (C=O) groups is 1. The van der Waals surface area contributed by atoms with E-state index in [1.54, 1.807) is 0 Å². The largest absolute Gasteiger partial charge is 0.394 e. The molecule has 0 aromatic rings. The smallest absolute Gasteiger partial charge is 0.187 e. The summed E-state index contributed by atoms with van der Waals surface area (Å²) in [5.74, 6) is 0. The second-order valence-corrected chi connectivity index (χ2v) is 5.16. The van der Waals surface area contributed by atoms with Crippen LogP contribution in [0.3, 0.4) is 0 Å². The topological polar surface area (TPSA) is 177 Å². The minimum atomic E-state index is -1.84. The van der Waals surface area contributed by atoms with E-state index in [1.807, 2.05) is 0 Å². The van der Waals surface area contributed by atoms with Crippen molar-refractivity contribution in [3.63, 3.8) is 0 Å². The Labute approximate surface area is 126 Å². The van der Waals surface area contributed by atoms with Crippen molar-refractivity contribution in [1.82, 2.24) is 0 Å². The van der Waals surface area contributed by atoms with E-state index in [4.69, 9.17) is 14.6 Å². The Hall–Kier alpha value is -0.690. The van der Waals surface area contributed by atoms with Gasteiger partial charge in [-0.15, -0.1) is 0 Å². The molecule has 0 spiro atoms. The highest BCUT2D eigenvalue weighted by atomic mass is 16.7. The summed E-state index contributed by atoms with van der Waals surface area (Å²) < 4.78 is 10.1. The Kier molecular flexibility index (Phi) is 7.25. The second-order valence-electron chi connectivity index (χ2n) is 5.16. The summed E-state index contributed by atoms with van der Waals surface area (Å²) in [4.78, 5) is 10.7. The van der Waals surface area contributed by atoms with Gasteiger partial charge < -0.3 is 50.0 Å². The van der Waals surface area contributed by atoms with E-state index in [1.165, 1.54) is 6.92 Å². The minimum Gasteiger partial charge on any atom is -0.394 e. The van der Waals surface area contributed by atoms with E-state index in [2.05, 4.69) is 0 Å². The number of ether oxygens (including phenoxy) is 2. The molecule has 10 heteroatoms. The third kappa shape index (κ3) is 4.19. The van der Waals surface area contributed by atoms with E-state index in [-0.39, 0.29) is 6.29 Å². The zero-order valence-electron chi connectivity index (χ0n) is 11.8. The minimum absolute atomic E-state index is 0.0558. The lowest BCUT2D eigenvalue weighted by atomic mass is 9.98. The fourth-order valence-electron chi connectivity index (χ4n) is 2.05. The summed E-state index contributed by atoms with van der Waals surface area (Å²) in [5.41, 5.74) is 0. The van der Waals surface area contributed by atoms with Gasteiger partial charge in [0.15, 0.2) is 12.6 Å². The number of aliphatic hydroxyl groups excluding tert-OH is 7. The number of rotatable bonds is 7. The molecule has 0 unspecified atom stereocenters. The Balaban J connectivity index is 2.89. The molecule has 130 valence electrons. The van der Waals surface area contributed by atoms with Gasteiger partial charge in [0, 0.05) is 0 Å². The van der Waals surface area contributed by atoms with Crippen LogP contribution in [0, 0.1) is 0 Å². The first-order valence-electron chi connectivity index (χ1n) is 6.70. The summed E-state index contributed by atoms with van der Waals surface area (Å²) >= 11 is 0. The van der Waals surface area contributed by atoms with Gasteiger partial charge in [-0.2, -0.15) is 0 Å². The first kappa shape index (κ1) is 19.4. The normalized spacial score (nSPS) is 38.1. The van der Waals surface area contributed by atoms with Gasteiger partial charge in [0.2, 0.25) is 0 Å². The van der Waals surface area contributed by atoms with Crippen molar-refractivity contribution >= 4 is 6.29 Å². The van der Waals surface area contributed by atoms with Crippen LogP contribution in [0.25, 0.3) is 0 Å². The van der Waals surface area contributed by atoms with Crippen LogP contribution in [0.5, 0.6) is 0 Å². The van der Waals surface area contributed by atoms with Crippen molar-refractivity contribution in [3.8, 4) is 0 Å². The first-order valence-corrected chi connectivity index (χ1v) is 6.70. The average Bonchev–Trinajstić information content (AvgIpc) is 2.50. The lowest BCUT2D eigenvalue weighted by molar-refractivity contribution is -0.324. The van der Waals surface area contributed by atoms with Gasteiger partial charge in [0.05, 0.1) is 12.7 Å². The van der Waals surface area contributed by atoms with Crippen LogP contribution in [0.15, 0.2) is 0 Å². The zero-order valence-corrected chi connectivity index (χ0v) is 11.8. The summed E-state index contributed by atoms with van der Waals surface area (Å²) in [6, 6.07) is 0. The van der Waals surface area contributed by atoms with Crippen LogP contribution in [0.2, 0.25) is 0 Å². The van der Waals surface area contributed by atoms with E-state index in [0.29, 0.717) is 0 Å². The van der Waals surface area contributed by atoms with Crippen LogP contribution in [-0.4, -0.2) is 104 Å². The molecule has 0 amide bonds. The Bertz CT molecular complexity index is 349. The molecule has 0 saturated carbocycles. The Morgan fingerprint density at radius 3 is 2.18 bits per heavy atom. The number of aldehydes is 1. The molecule has 1 heterocycles. The molecule has 0 aliphatic carbocycles. The summed E-state index contributed by atoms with van der Waals surface area (Å²) in [6.45, 7) is 0.497. The maximum absolute atomic E-state index is 10.7. The number of carbonyl (C=O) groups excluding carboxylic acids is 1. The average molecular weight is 326 g/mol. The lowest BCUT2D eigenvalue weighted by Crippen LogP contribution is -2.61. The van der Waals surface area contributed by atoms with Gasteiger partial charge in [-0.25, -0.2) is 0 Å². The number of aliphatic hydroxyl groups is 7. The molecule has 22 heavy (non-hydrogen) atoms. The lowest BCUT2D eigenvalue weighted by Gasteiger charge is -2.41. The van der Waals surface area contributed by atoms with Crippen LogP contribution >= 0.6 is 0 Å². The predicted octanol–water partition coefficient (Wildman–Crippen LogP) is -4.53. The molecule has 0 aromatic carbocycles. The fourth-order valence-corrected chi connectivity index (χ4v) is 2.05. The predicted molar refractivity (Wildman–Crippen MR) is 68.4 cm³/mol. The third-order valence-electron chi connectivity index (χ3n) is 3.45. The standard InChI is InChI=1S/C12H22O10/c1-4(15)7(17)11(5(16)2-13)22-12-10(20)9(19)8(18)6(3-14)21-12/h2,4-12,14-20H,3H2,1H3/t4-,5+,6-,7+,8+,9+,10-,11+,12+/m1/s1. The van der Waals surface area contributed by atoms with Crippen LogP contribution in [0.1, 0.15) is 6.92 Å². The quantitative estimate of drug-likeness (QED) is 0.225. The molecule has 10 nitrogen and oxygen atoms in total. The Morgan fingerprint density at radius 2 is 1.73 bits per heavy atom. The van der Waals surface area contributed by atoms with Gasteiger partial charge in [0.25, 0.3) is 0 Å². The van der Waals surface area contributed by atoms with Crippen molar-refractivity contribution in [2.45, 2.75) is 62.0 Å². The van der Waals surface area contributed by atoms with Crippen molar-refractivity contribution in [3.05, 3.63) is 0 Å². The highest BCUT2D eigenvalue weighted by Gasteiger charge is 2.46. The van der Waals surface area contributed by atoms with E-state index in [0.717, 1.165) is 0 Å².